The molecule has 2 rings (SSSR count). The smallest absolute Gasteiger partial charge is 0.142 e. The Kier molecular flexibility index (Phi) is 4.95. The molecule has 0 amide bonds. The fraction of sp³-hybridized carbons (Fsp3) is 0.538. The summed E-state index contributed by atoms with van der Waals surface area (Å²) in [5.74, 6) is 5.59. The van der Waals surface area contributed by atoms with E-state index in [1.165, 1.54) is 6.07 Å². The highest BCUT2D eigenvalue weighted by Crippen LogP contribution is 2.22. The van der Waals surface area contributed by atoms with Crippen LogP contribution in [0.4, 0.5) is 4.39 Å². The second-order valence-electron chi connectivity index (χ2n) is 4.70. The molecule has 100 valence electrons. The molecule has 2 atom stereocenters. The van der Waals surface area contributed by atoms with Crippen LogP contribution in [0.5, 0.6) is 0 Å². The fourth-order valence-corrected chi connectivity index (χ4v) is 2.48. The first-order valence-electron chi connectivity index (χ1n) is 6.18. The minimum atomic E-state index is -0.384. The molecular weight excluding hydrogens is 255 g/mol. The van der Waals surface area contributed by atoms with Crippen LogP contribution in [0.15, 0.2) is 18.2 Å². The third-order valence-corrected chi connectivity index (χ3v) is 3.72. The summed E-state index contributed by atoms with van der Waals surface area (Å²) >= 11 is 5.66. The van der Waals surface area contributed by atoms with E-state index in [9.17, 15) is 4.39 Å². The summed E-state index contributed by atoms with van der Waals surface area (Å²) in [7, 11) is 0. The van der Waals surface area contributed by atoms with Crippen LogP contribution in [0, 0.1) is 11.7 Å². The molecule has 3 nitrogen and oxygen atoms in total. The molecule has 5 heteroatoms. The first-order valence-corrected chi connectivity index (χ1v) is 6.56. The molecule has 3 N–H and O–H groups in total. The van der Waals surface area contributed by atoms with Gasteiger partial charge in [-0.2, -0.15) is 0 Å². The zero-order valence-corrected chi connectivity index (χ0v) is 10.9. The number of nitrogens with one attached hydrogen (secondary N) is 1. The Balaban J connectivity index is 2.02. The molecule has 1 aromatic carbocycles. The lowest BCUT2D eigenvalue weighted by atomic mass is 9.90. The topological polar surface area (TPSA) is 47.3 Å². The van der Waals surface area contributed by atoms with Crippen LogP contribution in [0.3, 0.4) is 0 Å². The van der Waals surface area contributed by atoms with Crippen LogP contribution in [0.1, 0.15) is 18.4 Å². The molecule has 0 radical (unpaired) electrons. The summed E-state index contributed by atoms with van der Waals surface area (Å²) in [6, 6.07) is 4.98. The van der Waals surface area contributed by atoms with Crippen LogP contribution in [-0.2, 0) is 11.2 Å². The molecule has 1 aliphatic heterocycles. The van der Waals surface area contributed by atoms with Gasteiger partial charge in [-0.1, -0.05) is 17.7 Å². The summed E-state index contributed by atoms with van der Waals surface area (Å²) in [5, 5.41) is 0.150. The zero-order valence-electron chi connectivity index (χ0n) is 10.2. The Bertz CT molecular complexity index is 397. The largest absolute Gasteiger partial charge is 0.381 e. The Hall–Kier alpha value is -0.680. The van der Waals surface area contributed by atoms with Crippen LogP contribution in [0.25, 0.3) is 0 Å². The third kappa shape index (κ3) is 3.42. The van der Waals surface area contributed by atoms with Gasteiger partial charge in [0.1, 0.15) is 5.82 Å². The van der Waals surface area contributed by atoms with Crippen molar-refractivity contribution in [2.24, 2.45) is 11.8 Å². The van der Waals surface area contributed by atoms with E-state index in [-0.39, 0.29) is 16.9 Å². The van der Waals surface area contributed by atoms with Gasteiger partial charge >= 0.3 is 0 Å². The van der Waals surface area contributed by atoms with E-state index < -0.39 is 0 Å². The predicted molar refractivity (Wildman–Crippen MR) is 69.8 cm³/mol. The molecule has 0 saturated carbocycles. The average Bonchev–Trinajstić information content (AvgIpc) is 2.41. The van der Waals surface area contributed by atoms with Gasteiger partial charge in [0, 0.05) is 12.6 Å². The SMILES string of the molecule is NNC(Cc1ccc(Cl)c(F)c1)C1CCCOC1. The second-order valence-corrected chi connectivity index (χ2v) is 5.11. The van der Waals surface area contributed by atoms with E-state index in [2.05, 4.69) is 5.43 Å². The number of nitrogens with two attached hydrogens (primary N) is 1. The Morgan fingerprint density at radius 3 is 3.00 bits per heavy atom. The normalized spacial score (nSPS) is 21.8. The number of halogens is 2. The van der Waals surface area contributed by atoms with Crippen LogP contribution in [0.2, 0.25) is 5.02 Å². The van der Waals surface area contributed by atoms with E-state index in [1.54, 1.807) is 6.07 Å². The van der Waals surface area contributed by atoms with Crippen molar-refractivity contribution in [3.8, 4) is 0 Å². The van der Waals surface area contributed by atoms with E-state index >= 15 is 0 Å². The van der Waals surface area contributed by atoms with Crippen LogP contribution in [-0.4, -0.2) is 19.3 Å². The summed E-state index contributed by atoms with van der Waals surface area (Å²) in [6.07, 6.45) is 2.82. The van der Waals surface area contributed by atoms with E-state index in [0.29, 0.717) is 18.9 Å². The van der Waals surface area contributed by atoms with Crippen molar-refractivity contribution >= 4 is 11.6 Å². The van der Waals surface area contributed by atoms with Crippen molar-refractivity contribution in [3.63, 3.8) is 0 Å². The molecule has 0 aliphatic carbocycles. The Morgan fingerprint density at radius 2 is 2.39 bits per heavy atom. The van der Waals surface area contributed by atoms with Crippen molar-refractivity contribution in [2.45, 2.75) is 25.3 Å². The molecule has 1 aliphatic rings. The lowest BCUT2D eigenvalue weighted by molar-refractivity contribution is 0.0393. The number of hydrogen-bond acceptors (Lipinski definition) is 3. The van der Waals surface area contributed by atoms with E-state index in [1.807, 2.05) is 6.07 Å². The zero-order chi connectivity index (χ0) is 13.0. The van der Waals surface area contributed by atoms with E-state index in [4.69, 9.17) is 22.2 Å². The molecule has 2 unspecified atom stereocenters. The molecule has 1 heterocycles. The Labute approximate surface area is 111 Å². The van der Waals surface area contributed by atoms with Crippen molar-refractivity contribution < 1.29 is 9.13 Å². The summed E-state index contributed by atoms with van der Waals surface area (Å²) in [5.41, 5.74) is 3.71. The first kappa shape index (κ1) is 13.7. The van der Waals surface area contributed by atoms with Crippen molar-refractivity contribution in [3.05, 3.63) is 34.6 Å². The van der Waals surface area contributed by atoms with Gasteiger partial charge in [0.05, 0.1) is 11.6 Å². The van der Waals surface area contributed by atoms with Gasteiger partial charge in [-0.15, -0.1) is 0 Å². The maximum Gasteiger partial charge on any atom is 0.142 e. The minimum absolute atomic E-state index is 0.103. The van der Waals surface area contributed by atoms with E-state index in [0.717, 1.165) is 25.0 Å². The van der Waals surface area contributed by atoms with Gasteiger partial charge in [0.15, 0.2) is 0 Å². The summed E-state index contributed by atoms with van der Waals surface area (Å²) in [4.78, 5) is 0. The number of rotatable bonds is 4. The number of hydrazine groups is 1. The maximum atomic E-state index is 13.4. The molecule has 1 fully saturated rings. The lowest BCUT2D eigenvalue weighted by Crippen LogP contribution is -2.45. The van der Waals surface area contributed by atoms with Gasteiger partial charge < -0.3 is 4.74 Å². The van der Waals surface area contributed by atoms with Gasteiger partial charge in [-0.25, -0.2) is 4.39 Å². The number of benzene rings is 1. The minimum Gasteiger partial charge on any atom is -0.381 e. The monoisotopic (exact) mass is 272 g/mol. The molecule has 0 bridgehead atoms. The summed E-state index contributed by atoms with van der Waals surface area (Å²) in [6.45, 7) is 1.54. The Morgan fingerprint density at radius 1 is 1.56 bits per heavy atom. The average molecular weight is 273 g/mol. The first-order chi connectivity index (χ1) is 8.70. The van der Waals surface area contributed by atoms with Crippen LogP contribution < -0.4 is 11.3 Å². The third-order valence-electron chi connectivity index (χ3n) is 3.42. The van der Waals surface area contributed by atoms with Crippen molar-refractivity contribution in [1.82, 2.24) is 5.43 Å². The highest BCUT2D eigenvalue weighted by Gasteiger charge is 2.23. The number of hydrogen-bond donors (Lipinski definition) is 2. The van der Waals surface area contributed by atoms with Crippen LogP contribution >= 0.6 is 11.6 Å². The molecule has 0 aromatic heterocycles. The van der Waals surface area contributed by atoms with Gasteiger partial charge in [-0.3, -0.25) is 11.3 Å². The predicted octanol–water partition coefficient (Wildman–Crippen LogP) is 2.28. The van der Waals surface area contributed by atoms with Gasteiger partial charge in [-0.05, 0) is 42.9 Å². The maximum absolute atomic E-state index is 13.4. The quantitative estimate of drug-likeness (QED) is 0.653. The van der Waals surface area contributed by atoms with Gasteiger partial charge in [0.25, 0.3) is 0 Å². The van der Waals surface area contributed by atoms with Crippen molar-refractivity contribution in [2.75, 3.05) is 13.2 Å². The lowest BCUT2D eigenvalue weighted by Gasteiger charge is -2.29. The second kappa shape index (κ2) is 6.48. The molecule has 1 aromatic rings. The summed E-state index contributed by atoms with van der Waals surface area (Å²) < 4.78 is 18.8. The molecule has 18 heavy (non-hydrogen) atoms. The molecule has 1 saturated heterocycles. The van der Waals surface area contributed by atoms with Crippen molar-refractivity contribution in [1.29, 1.82) is 0 Å². The van der Waals surface area contributed by atoms with Gasteiger partial charge in [0.2, 0.25) is 0 Å². The highest BCUT2D eigenvalue weighted by atomic mass is 35.5. The molecular formula is C13H18ClFN2O. The molecule has 0 spiro atoms. The fourth-order valence-electron chi connectivity index (χ4n) is 2.37. The number of ether oxygens (including phenoxy) is 1. The standard InChI is InChI=1S/C13H18ClFN2O/c14-11-4-3-9(6-12(11)15)7-13(17-16)10-2-1-5-18-8-10/h3-4,6,10,13,17H,1-2,5,7-8,16H2. The highest BCUT2D eigenvalue weighted by molar-refractivity contribution is 6.30.